The number of aliphatic carboxylic acids is 1. The smallest absolute Gasteiger partial charge is 0.475 e. The number of carboxylic acids is 1. The number of amides is 2. The number of hydrogen-bond donors (Lipinski definition) is 5. The first-order chi connectivity index (χ1) is 21.9. The molecule has 0 unspecified atom stereocenters. The Morgan fingerprint density at radius 3 is 2.24 bits per heavy atom. The Labute approximate surface area is 267 Å². The largest absolute Gasteiger partial charge is 0.490 e. The molecule has 242 valence electrons. The van der Waals surface area contributed by atoms with Gasteiger partial charge in [-0.1, -0.05) is 66.2 Å². The van der Waals surface area contributed by atoms with E-state index in [1.54, 1.807) is 6.20 Å². The van der Waals surface area contributed by atoms with Gasteiger partial charge < -0.3 is 26.4 Å². The number of nitrogens with one attached hydrogen (secondary N) is 4. The molecule has 0 bridgehead atoms. The summed E-state index contributed by atoms with van der Waals surface area (Å²) in [5.74, 6) is -2.76. The van der Waals surface area contributed by atoms with Crippen molar-refractivity contribution in [1.82, 2.24) is 15.1 Å². The third-order valence-corrected chi connectivity index (χ3v) is 7.42. The quantitative estimate of drug-likeness (QED) is 0.156. The monoisotopic (exact) mass is 656 g/mol. The lowest BCUT2D eigenvalue weighted by Crippen LogP contribution is -2.36. The van der Waals surface area contributed by atoms with E-state index in [9.17, 15) is 22.8 Å². The van der Waals surface area contributed by atoms with Gasteiger partial charge in [-0.15, -0.1) is 0 Å². The third kappa shape index (κ3) is 9.56. The van der Waals surface area contributed by atoms with E-state index in [-0.39, 0.29) is 29.2 Å². The summed E-state index contributed by atoms with van der Waals surface area (Å²) in [4.78, 5) is 34.6. The first kappa shape index (κ1) is 34.0. The third-order valence-electron chi connectivity index (χ3n) is 7.06. The molecule has 1 fully saturated rings. The number of aromatic nitrogens is 2. The molecule has 0 saturated carbocycles. The predicted molar refractivity (Wildman–Crippen MR) is 172 cm³/mol. The fraction of sp³-hybridized carbons (Fsp3) is 0.250. The summed E-state index contributed by atoms with van der Waals surface area (Å²) in [7, 11) is 0. The van der Waals surface area contributed by atoms with E-state index < -0.39 is 12.1 Å². The molecule has 1 aliphatic heterocycles. The normalized spacial score (nSPS) is 13.2. The number of nitrogens with zero attached hydrogens (tertiary/aromatic N) is 2. The molecule has 5 N–H and O–H groups in total. The van der Waals surface area contributed by atoms with E-state index in [1.807, 2.05) is 79.7 Å². The molecule has 2 heterocycles. The zero-order valence-electron chi connectivity index (χ0n) is 24.7. The number of benzene rings is 3. The Morgan fingerprint density at radius 1 is 0.978 bits per heavy atom. The Hall–Kier alpha value is -4.88. The lowest BCUT2D eigenvalue weighted by atomic mass is 10.1. The van der Waals surface area contributed by atoms with Crippen molar-refractivity contribution in [2.24, 2.45) is 0 Å². The molecule has 5 rings (SSSR count). The van der Waals surface area contributed by atoms with Crippen LogP contribution in [0.15, 0.2) is 83.8 Å². The molecule has 0 spiro atoms. The molecule has 3 aromatic carbocycles. The maximum Gasteiger partial charge on any atom is 0.490 e. The summed E-state index contributed by atoms with van der Waals surface area (Å²) < 4.78 is 33.1. The van der Waals surface area contributed by atoms with Crippen molar-refractivity contribution < 1.29 is 27.9 Å². The standard InChI is InChI=1S/C30H31ClN6O2.C2HF3O2/c1-20-7-8-21(19-37-29(38)28(31)27(18-33-37)34-25-13-15-32-16-14-25)17-26(20)36-30(39)35-24-11-9-23(10-12-24)22-5-3-2-4-6-22;3-2(4,5)1(6)7/h2-12,17-18,25,32,34H,13-16,19H2,1H3,(H2,35,36,39);(H,6,7). The van der Waals surface area contributed by atoms with Crippen LogP contribution < -0.4 is 26.8 Å². The van der Waals surface area contributed by atoms with Crippen LogP contribution in [0.3, 0.4) is 0 Å². The summed E-state index contributed by atoms with van der Waals surface area (Å²) in [5, 5.41) is 24.1. The number of piperidine rings is 1. The molecule has 0 aliphatic carbocycles. The van der Waals surface area contributed by atoms with E-state index in [1.165, 1.54) is 4.68 Å². The first-order valence-corrected chi connectivity index (χ1v) is 14.6. The second-order valence-electron chi connectivity index (χ2n) is 10.5. The number of rotatable bonds is 7. The molecular weight excluding hydrogens is 625 g/mol. The van der Waals surface area contributed by atoms with Crippen LogP contribution in [0, 0.1) is 6.92 Å². The Kier molecular flexibility index (Phi) is 11.4. The van der Waals surface area contributed by atoms with Crippen LogP contribution in [0.5, 0.6) is 0 Å². The van der Waals surface area contributed by atoms with Gasteiger partial charge in [0.05, 0.1) is 18.4 Å². The Morgan fingerprint density at radius 2 is 1.61 bits per heavy atom. The molecule has 10 nitrogen and oxygen atoms in total. The maximum absolute atomic E-state index is 12.9. The van der Waals surface area contributed by atoms with Crippen molar-refractivity contribution in [1.29, 1.82) is 0 Å². The topological polar surface area (TPSA) is 137 Å². The van der Waals surface area contributed by atoms with Gasteiger partial charge in [-0.25, -0.2) is 14.3 Å². The lowest BCUT2D eigenvalue weighted by Gasteiger charge is -2.25. The fourth-order valence-electron chi connectivity index (χ4n) is 4.60. The number of halogens is 4. The van der Waals surface area contributed by atoms with Crippen molar-refractivity contribution in [2.45, 2.75) is 38.5 Å². The van der Waals surface area contributed by atoms with Crippen LogP contribution in [-0.2, 0) is 11.3 Å². The van der Waals surface area contributed by atoms with E-state index >= 15 is 0 Å². The summed E-state index contributed by atoms with van der Waals surface area (Å²) >= 11 is 6.41. The minimum atomic E-state index is -5.08. The van der Waals surface area contributed by atoms with Gasteiger partial charge in [-0.3, -0.25) is 4.79 Å². The molecule has 1 aliphatic rings. The fourth-order valence-corrected chi connectivity index (χ4v) is 4.80. The molecular formula is C32H32ClF3N6O4. The number of urea groups is 1. The minimum absolute atomic E-state index is 0.131. The van der Waals surface area contributed by atoms with Crippen LogP contribution >= 0.6 is 11.6 Å². The first-order valence-electron chi connectivity index (χ1n) is 14.3. The van der Waals surface area contributed by atoms with Crippen LogP contribution in [0.2, 0.25) is 5.02 Å². The van der Waals surface area contributed by atoms with Crippen molar-refractivity contribution in [3.63, 3.8) is 0 Å². The Bertz CT molecular complexity index is 1710. The van der Waals surface area contributed by atoms with Gasteiger partial charge in [-0.05, 0) is 73.3 Å². The number of anilines is 3. The molecule has 1 saturated heterocycles. The summed E-state index contributed by atoms with van der Waals surface area (Å²) in [6.45, 7) is 4.00. The molecule has 1 aromatic heterocycles. The van der Waals surface area contributed by atoms with E-state index in [4.69, 9.17) is 21.5 Å². The highest BCUT2D eigenvalue weighted by atomic mass is 35.5. The van der Waals surface area contributed by atoms with Crippen LogP contribution in [-0.4, -0.2) is 52.2 Å². The van der Waals surface area contributed by atoms with Crippen molar-refractivity contribution in [3.05, 3.63) is 105 Å². The van der Waals surface area contributed by atoms with Gasteiger partial charge in [0, 0.05) is 17.4 Å². The van der Waals surface area contributed by atoms with Crippen LogP contribution in [0.25, 0.3) is 11.1 Å². The minimum Gasteiger partial charge on any atom is -0.475 e. The molecule has 46 heavy (non-hydrogen) atoms. The molecule has 14 heteroatoms. The number of aryl methyl sites for hydroxylation is 1. The number of carbonyl (C=O) groups is 2. The van der Waals surface area contributed by atoms with Crippen molar-refractivity contribution in [3.8, 4) is 11.1 Å². The van der Waals surface area contributed by atoms with E-state index in [0.717, 1.165) is 48.2 Å². The Balaban J connectivity index is 0.000000617. The average Bonchev–Trinajstić information content (AvgIpc) is 3.03. The van der Waals surface area contributed by atoms with Gasteiger partial charge in [0.1, 0.15) is 5.02 Å². The highest BCUT2D eigenvalue weighted by Gasteiger charge is 2.38. The summed E-state index contributed by atoms with van der Waals surface area (Å²) in [6, 6.07) is 23.3. The molecule has 0 atom stereocenters. The zero-order valence-corrected chi connectivity index (χ0v) is 25.5. The number of alkyl halides is 3. The van der Waals surface area contributed by atoms with Gasteiger partial charge in [0.25, 0.3) is 5.56 Å². The van der Waals surface area contributed by atoms with E-state index in [0.29, 0.717) is 17.1 Å². The highest BCUT2D eigenvalue weighted by molar-refractivity contribution is 6.32. The van der Waals surface area contributed by atoms with Crippen molar-refractivity contribution >= 4 is 40.7 Å². The molecule has 4 aromatic rings. The van der Waals surface area contributed by atoms with Gasteiger partial charge >= 0.3 is 18.2 Å². The highest BCUT2D eigenvalue weighted by Crippen LogP contribution is 2.23. The second kappa shape index (κ2) is 15.4. The lowest BCUT2D eigenvalue weighted by molar-refractivity contribution is -0.192. The number of carbonyl (C=O) groups excluding carboxylic acids is 1. The number of carboxylic acid groups (broad SMARTS) is 1. The van der Waals surface area contributed by atoms with Crippen LogP contribution in [0.4, 0.5) is 35.0 Å². The average molecular weight is 657 g/mol. The summed E-state index contributed by atoms with van der Waals surface area (Å²) in [5.41, 5.74) is 5.43. The second-order valence-corrected chi connectivity index (χ2v) is 10.9. The van der Waals surface area contributed by atoms with Crippen molar-refractivity contribution in [2.75, 3.05) is 29.0 Å². The predicted octanol–water partition coefficient (Wildman–Crippen LogP) is 6.36. The molecule has 0 radical (unpaired) electrons. The van der Waals surface area contributed by atoms with Gasteiger partial charge in [-0.2, -0.15) is 18.3 Å². The van der Waals surface area contributed by atoms with Gasteiger partial charge in [0.15, 0.2) is 0 Å². The maximum atomic E-state index is 12.9. The van der Waals surface area contributed by atoms with Gasteiger partial charge in [0.2, 0.25) is 0 Å². The zero-order chi connectivity index (χ0) is 33.3. The number of hydrogen-bond acceptors (Lipinski definition) is 6. The van der Waals surface area contributed by atoms with Crippen LogP contribution in [0.1, 0.15) is 24.0 Å². The SMILES string of the molecule is Cc1ccc(Cn2ncc(NC3CCNCC3)c(Cl)c2=O)cc1NC(=O)Nc1ccc(-c2ccccc2)cc1.O=C(O)C(F)(F)F. The molecule has 2 amide bonds. The summed E-state index contributed by atoms with van der Waals surface area (Å²) in [6.07, 6.45) is -1.55. The van der Waals surface area contributed by atoms with E-state index in [2.05, 4.69) is 26.4 Å².